The van der Waals surface area contributed by atoms with E-state index in [1.807, 2.05) is 24.3 Å². The number of nitrogens with one attached hydrogen (secondary N) is 2. The molecule has 0 saturated carbocycles. The number of carbonyl (C=O) groups is 1. The summed E-state index contributed by atoms with van der Waals surface area (Å²) in [5.74, 6) is 6.41. The van der Waals surface area contributed by atoms with Crippen LogP contribution in [-0.2, 0) is 10.5 Å². The summed E-state index contributed by atoms with van der Waals surface area (Å²) in [5, 5.41) is 34.7. The maximum atomic E-state index is 12.3. The normalized spacial score (nSPS) is 11.1. The molecule has 17 heteroatoms. The van der Waals surface area contributed by atoms with Crippen molar-refractivity contribution >= 4 is 75.4 Å². The number of nitro groups is 1. The summed E-state index contributed by atoms with van der Waals surface area (Å²) < 4.78 is 1.84. The first-order valence-corrected chi connectivity index (χ1v) is 13.4. The van der Waals surface area contributed by atoms with Gasteiger partial charge in [-0.3, -0.25) is 20.2 Å². The van der Waals surface area contributed by atoms with Gasteiger partial charge in [-0.05, 0) is 11.6 Å². The van der Waals surface area contributed by atoms with Gasteiger partial charge in [-0.1, -0.05) is 76.8 Å². The molecule has 2 heterocycles. The van der Waals surface area contributed by atoms with E-state index < -0.39 is 4.92 Å². The van der Waals surface area contributed by atoms with Gasteiger partial charge < -0.3 is 5.84 Å². The lowest BCUT2D eigenvalue weighted by molar-refractivity contribution is -0.384. The molecule has 1 amide bonds. The van der Waals surface area contributed by atoms with Crippen LogP contribution in [0.25, 0.3) is 0 Å². The summed E-state index contributed by atoms with van der Waals surface area (Å²) in [7, 11) is 0. The van der Waals surface area contributed by atoms with Crippen LogP contribution < -0.4 is 16.6 Å². The van der Waals surface area contributed by atoms with Crippen molar-refractivity contribution in [2.45, 2.75) is 15.2 Å². The summed E-state index contributed by atoms with van der Waals surface area (Å²) in [6.07, 6.45) is 1.38. The maximum Gasteiger partial charge on any atom is 0.270 e. The second-order valence-corrected chi connectivity index (χ2v) is 10.5. The quantitative estimate of drug-likeness (QED) is 0.0589. The molecule has 0 aliphatic rings. The highest BCUT2D eigenvalue weighted by molar-refractivity contribution is 8.00. The Morgan fingerprint density at radius 3 is 2.84 bits per heavy atom. The number of nitrogen functional groups attached to an aromatic ring is 1. The minimum atomic E-state index is -0.494. The second kappa shape index (κ2) is 12.5. The molecule has 0 bridgehead atoms. The number of anilines is 2. The third kappa shape index (κ3) is 7.39. The average Bonchev–Trinajstić information content (AvgIpc) is 3.48. The number of benzene rings is 2. The zero-order valence-electron chi connectivity index (χ0n) is 18.6. The molecule has 37 heavy (non-hydrogen) atoms. The fourth-order valence-electron chi connectivity index (χ4n) is 2.69. The van der Waals surface area contributed by atoms with Gasteiger partial charge in [0.15, 0.2) is 4.34 Å². The molecule has 2 aromatic carbocycles. The molecule has 0 aliphatic carbocycles. The Morgan fingerprint density at radius 1 is 1.19 bits per heavy atom. The maximum absolute atomic E-state index is 12.3. The standard InChI is InChI=1S/C20H17ClN10O3S3/c21-15-7-2-1-5-13(15)10-36-20-29-27-18(37-20)24-16(32)11-35-19-28-26-17(30(19)22)25-23-9-12-4-3-6-14(8-12)31(33)34/h1-9H,10-11,22H2,(H,25,26)(H,24,27,32)/b23-9+. The highest BCUT2D eigenvalue weighted by atomic mass is 35.5. The molecule has 4 aromatic rings. The molecule has 0 fully saturated rings. The van der Waals surface area contributed by atoms with Gasteiger partial charge in [0.25, 0.3) is 11.6 Å². The molecule has 0 unspecified atom stereocenters. The van der Waals surface area contributed by atoms with Gasteiger partial charge in [-0.25, -0.2) is 10.1 Å². The molecule has 4 rings (SSSR count). The van der Waals surface area contributed by atoms with Crippen molar-refractivity contribution in [3.8, 4) is 0 Å². The van der Waals surface area contributed by atoms with E-state index in [1.165, 1.54) is 41.4 Å². The van der Waals surface area contributed by atoms with Crippen LogP contribution in [0.3, 0.4) is 0 Å². The van der Waals surface area contributed by atoms with E-state index >= 15 is 0 Å². The Labute approximate surface area is 227 Å². The fraction of sp³-hybridized carbons (Fsp3) is 0.100. The highest BCUT2D eigenvalue weighted by Gasteiger charge is 2.14. The van der Waals surface area contributed by atoms with Crippen molar-refractivity contribution in [1.29, 1.82) is 0 Å². The number of rotatable bonds is 11. The van der Waals surface area contributed by atoms with E-state index in [1.54, 1.807) is 12.1 Å². The van der Waals surface area contributed by atoms with Crippen molar-refractivity contribution in [3.05, 3.63) is 74.8 Å². The van der Waals surface area contributed by atoms with Crippen LogP contribution in [0.2, 0.25) is 5.02 Å². The molecule has 0 atom stereocenters. The van der Waals surface area contributed by atoms with Crippen molar-refractivity contribution < 1.29 is 9.72 Å². The summed E-state index contributed by atoms with van der Waals surface area (Å²) in [6.45, 7) is 0. The third-order valence-electron chi connectivity index (χ3n) is 4.42. The van der Waals surface area contributed by atoms with Crippen molar-refractivity contribution in [1.82, 2.24) is 25.1 Å². The number of aromatic nitrogens is 5. The lowest BCUT2D eigenvalue weighted by Gasteiger charge is -2.03. The summed E-state index contributed by atoms with van der Waals surface area (Å²) in [6, 6.07) is 13.5. The first-order chi connectivity index (χ1) is 17.9. The summed E-state index contributed by atoms with van der Waals surface area (Å²) in [4.78, 5) is 22.7. The minimum Gasteiger partial charge on any atom is -0.334 e. The van der Waals surface area contributed by atoms with Gasteiger partial charge in [0.1, 0.15) is 0 Å². The highest BCUT2D eigenvalue weighted by Crippen LogP contribution is 2.30. The van der Waals surface area contributed by atoms with Crippen molar-refractivity contribution in [2.24, 2.45) is 5.10 Å². The number of hydrazone groups is 1. The van der Waals surface area contributed by atoms with Crippen LogP contribution in [0.1, 0.15) is 11.1 Å². The number of hydrogen-bond donors (Lipinski definition) is 3. The minimum absolute atomic E-state index is 0.00790. The van der Waals surface area contributed by atoms with E-state index in [2.05, 4.69) is 36.2 Å². The molecular formula is C20H17ClN10O3S3. The van der Waals surface area contributed by atoms with Crippen LogP contribution in [-0.4, -0.2) is 47.9 Å². The third-order valence-corrected chi connectivity index (χ3v) is 7.75. The molecule has 13 nitrogen and oxygen atoms in total. The molecule has 190 valence electrons. The van der Waals surface area contributed by atoms with Gasteiger partial charge in [-0.2, -0.15) is 5.10 Å². The van der Waals surface area contributed by atoms with Gasteiger partial charge >= 0.3 is 0 Å². The Morgan fingerprint density at radius 2 is 2.03 bits per heavy atom. The predicted octanol–water partition coefficient (Wildman–Crippen LogP) is 3.87. The molecule has 0 spiro atoms. The first kappa shape index (κ1) is 26.3. The summed E-state index contributed by atoms with van der Waals surface area (Å²) >= 11 is 9.97. The second-order valence-electron chi connectivity index (χ2n) is 6.99. The van der Waals surface area contributed by atoms with E-state index in [0.717, 1.165) is 22.0 Å². The number of nitrogens with two attached hydrogens (primary N) is 1. The zero-order chi connectivity index (χ0) is 26.2. The van der Waals surface area contributed by atoms with Crippen LogP contribution in [0.15, 0.2) is 63.1 Å². The molecular weight excluding hydrogens is 560 g/mol. The summed E-state index contributed by atoms with van der Waals surface area (Å²) in [5.41, 5.74) is 4.06. The van der Waals surface area contributed by atoms with E-state index in [0.29, 0.717) is 25.8 Å². The van der Waals surface area contributed by atoms with Crippen LogP contribution >= 0.6 is 46.5 Å². The average molecular weight is 577 g/mol. The van der Waals surface area contributed by atoms with E-state index in [4.69, 9.17) is 17.4 Å². The van der Waals surface area contributed by atoms with Gasteiger partial charge in [-0.15, -0.1) is 20.4 Å². The number of nitro benzene ring substituents is 1. The largest absolute Gasteiger partial charge is 0.334 e. The van der Waals surface area contributed by atoms with Crippen LogP contribution in [0.5, 0.6) is 0 Å². The monoisotopic (exact) mass is 576 g/mol. The van der Waals surface area contributed by atoms with Crippen molar-refractivity contribution in [3.63, 3.8) is 0 Å². The van der Waals surface area contributed by atoms with Crippen molar-refractivity contribution in [2.75, 3.05) is 22.3 Å². The Bertz CT molecular complexity index is 1440. The molecule has 0 saturated heterocycles. The fourth-order valence-corrected chi connectivity index (χ4v) is 5.40. The lowest BCUT2D eigenvalue weighted by atomic mass is 10.2. The molecule has 4 N–H and O–H groups in total. The topological polar surface area (TPSA) is 179 Å². The first-order valence-electron chi connectivity index (χ1n) is 10.3. The van der Waals surface area contributed by atoms with Gasteiger partial charge in [0.05, 0.1) is 16.9 Å². The number of nitrogens with zero attached hydrogens (tertiary/aromatic N) is 7. The van der Waals surface area contributed by atoms with E-state index in [-0.39, 0.29) is 28.5 Å². The predicted molar refractivity (Wildman–Crippen MR) is 145 cm³/mol. The van der Waals surface area contributed by atoms with Crippen LogP contribution in [0, 0.1) is 10.1 Å². The smallest absolute Gasteiger partial charge is 0.270 e. The van der Waals surface area contributed by atoms with Gasteiger partial charge in [0.2, 0.25) is 16.2 Å². The number of thioether (sulfide) groups is 2. The molecule has 2 aromatic heterocycles. The van der Waals surface area contributed by atoms with Crippen LogP contribution in [0.4, 0.5) is 16.8 Å². The SMILES string of the molecule is Nn1c(N/N=C/c2cccc([N+](=O)[O-])c2)nnc1SCC(=O)Nc1nnc(SCc2ccccc2Cl)s1. The molecule has 0 radical (unpaired) electrons. The lowest BCUT2D eigenvalue weighted by Crippen LogP contribution is -2.16. The Hall–Kier alpha value is -3.73. The van der Waals surface area contributed by atoms with Gasteiger partial charge in [0, 0.05) is 28.5 Å². The number of non-ortho nitro benzene ring substituents is 1. The number of carbonyl (C=O) groups excluding carboxylic acids is 1. The zero-order valence-corrected chi connectivity index (χ0v) is 21.9. The Balaban J connectivity index is 1.24. The molecule has 0 aliphatic heterocycles. The van der Waals surface area contributed by atoms with E-state index in [9.17, 15) is 14.9 Å². The Kier molecular flexibility index (Phi) is 8.89. The number of halogens is 1. The number of amides is 1. The number of hydrogen-bond acceptors (Lipinski definition) is 13.